The van der Waals surface area contributed by atoms with Gasteiger partial charge in [0.1, 0.15) is 5.82 Å². The summed E-state index contributed by atoms with van der Waals surface area (Å²) in [5.41, 5.74) is 0.737. The van der Waals surface area contributed by atoms with Gasteiger partial charge in [-0.15, -0.1) is 0 Å². The van der Waals surface area contributed by atoms with Crippen molar-refractivity contribution in [2.75, 3.05) is 18.5 Å². The zero-order chi connectivity index (χ0) is 14.7. The van der Waals surface area contributed by atoms with Crippen LogP contribution in [-0.2, 0) is 4.74 Å². The van der Waals surface area contributed by atoms with Crippen LogP contribution in [0.3, 0.4) is 0 Å². The van der Waals surface area contributed by atoms with Crippen molar-refractivity contribution in [3.05, 3.63) is 11.5 Å². The predicted octanol–water partition coefficient (Wildman–Crippen LogP) is 3.39. The highest BCUT2D eigenvalue weighted by molar-refractivity contribution is 6.28. The number of ether oxygens (including phenoxy) is 1. The lowest BCUT2D eigenvalue weighted by molar-refractivity contribution is -0.0370. The molecule has 0 radical (unpaired) electrons. The number of halogens is 1. The largest absolute Gasteiger partial charge is 0.369 e. The van der Waals surface area contributed by atoms with E-state index in [0.29, 0.717) is 0 Å². The minimum absolute atomic E-state index is 0.0503. The van der Waals surface area contributed by atoms with Crippen LogP contribution in [0.15, 0.2) is 6.20 Å². The van der Waals surface area contributed by atoms with Crippen molar-refractivity contribution >= 4 is 28.5 Å². The van der Waals surface area contributed by atoms with E-state index < -0.39 is 0 Å². The first kappa shape index (κ1) is 14.5. The number of hydrogen-bond donors (Lipinski definition) is 1. The lowest BCUT2D eigenvalue weighted by Gasteiger charge is -2.23. The van der Waals surface area contributed by atoms with Crippen molar-refractivity contribution in [2.24, 2.45) is 0 Å². The maximum absolute atomic E-state index is 6.06. The fourth-order valence-corrected chi connectivity index (χ4v) is 2.71. The van der Waals surface area contributed by atoms with Crippen LogP contribution in [0.4, 0.5) is 5.82 Å². The fourth-order valence-electron chi connectivity index (χ4n) is 2.54. The van der Waals surface area contributed by atoms with Crippen LogP contribution in [0, 0.1) is 0 Å². The third kappa shape index (κ3) is 3.11. The van der Waals surface area contributed by atoms with E-state index in [1.165, 1.54) is 0 Å². The van der Waals surface area contributed by atoms with Gasteiger partial charge in [-0.3, -0.25) is 0 Å². The monoisotopic (exact) mass is 309 g/mol. The van der Waals surface area contributed by atoms with E-state index in [9.17, 15) is 0 Å². The van der Waals surface area contributed by atoms with E-state index in [0.717, 1.165) is 62.1 Å². The first-order valence-corrected chi connectivity index (χ1v) is 7.93. The van der Waals surface area contributed by atoms with E-state index in [1.54, 1.807) is 6.20 Å². The molecule has 1 N–H and O–H groups in total. The Morgan fingerprint density at radius 2 is 2.33 bits per heavy atom. The topological polar surface area (TPSA) is 64.9 Å². The van der Waals surface area contributed by atoms with Gasteiger partial charge in [0.25, 0.3) is 0 Å². The third-order valence-corrected chi connectivity index (χ3v) is 3.85. The molecule has 3 rings (SSSR count). The molecule has 2 aromatic rings. The van der Waals surface area contributed by atoms with E-state index >= 15 is 0 Å². The van der Waals surface area contributed by atoms with Crippen LogP contribution < -0.4 is 5.32 Å². The van der Waals surface area contributed by atoms with Crippen LogP contribution in [0.25, 0.3) is 11.0 Å². The summed E-state index contributed by atoms with van der Waals surface area (Å²) in [4.78, 5) is 8.62. The lowest BCUT2D eigenvalue weighted by Crippen LogP contribution is -2.19. The summed E-state index contributed by atoms with van der Waals surface area (Å²) in [5, 5.41) is 8.88. The van der Waals surface area contributed by atoms with Gasteiger partial charge in [-0.05, 0) is 37.3 Å². The van der Waals surface area contributed by atoms with Gasteiger partial charge in [-0.1, -0.05) is 13.3 Å². The van der Waals surface area contributed by atoms with Gasteiger partial charge < -0.3 is 10.1 Å². The molecule has 6 nitrogen and oxygen atoms in total. The predicted molar refractivity (Wildman–Crippen MR) is 82.6 cm³/mol. The summed E-state index contributed by atoms with van der Waals surface area (Å²) < 4.78 is 7.61. The maximum Gasteiger partial charge on any atom is 0.226 e. The Bertz CT molecular complexity index is 609. The summed E-state index contributed by atoms with van der Waals surface area (Å²) in [6.45, 7) is 3.79. The second kappa shape index (κ2) is 6.58. The standard InChI is InChI=1S/C14H20ClN5O/c1-2-3-7-16-12-10-9-17-20(11-6-4-5-8-21-11)13(10)19-14(15)18-12/h9,11H,2-8H2,1H3,(H,16,18,19). The molecule has 0 aliphatic carbocycles. The summed E-state index contributed by atoms with van der Waals surface area (Å²) in [6.07, 6.45) is 7.16. The maximum atomic E-state index is 6.06. The molecule has 1 saturated heterocycles. The van der Waals surface area contributed by atoms with E-state index in [4.69, 9.17) is 16.3 Å². The van der Waals surface area contributed by atoms with Gasteiger partial charge in [0, 0.05) is 13.2 Å². The number of hydrogen-bond acceptors (Lipinski definition) is 5. The smallest absolute Gasteiger partial charge is 0.226 e. The molecule has 7 heteroatoms. The van der Waals surface area contributed by atoms with E-state index in [1.807, 2.05) is 4.68 Å². The van der Waals surface area contributed by atoms with E-state index in [2.05, 4.69) is 27.3 Å². The lowest BCUT2D eigenvalue weighted by atomic mass is 10.2. The van der Waals surface area contributed by atoms with Crippen LogP contribution in [0.5, 0.6) is 0 Å². The number of nitrogens with one attached hydrogen (secondary N) is 1. The van der Waals surface area contributed by atoms with Gasteiger partial charge in [0.2, 0.25) is 5.28 Å². The van der Waals surface area contributed by atoms with Crippen molar-refractivity contribution in [3.8, 4) is 0 Å². The summed E-state index contributed by atoms with van der Waals surface area (Å²) in [5.74, 6) is 0.750. The molecule has 2 aromatic heterocycles. The van der Waals surface area contributed by atoms with Crippen molar-refractivity contribution in [2.45, 2.75) is 45.3 Å². The zero-order valence-corrected chi connectivity index (χ0v) is 12.9. The van der Waals surface area contributed by atoms with Crippen molar-refractivity contribution in [1.29, 1.82) is 0 Å². The summed E-state index contributed by atoms with van der Waals surface area (Å²) >= 11 is 6.06. The zero-order valence-electron chi connectivity index (χ0n) is 12.2. The summed E-state index contributed by atoms with van der Waals surface area (Å²) in [7, 11) is 0. The Morgan fingerprint density at radius 3 is 3.10 bits per heavy atom. The Kier molecular flexibility index (Phi) is 4.55. The van der Waals surface area contributed by atoms with E-state index in [-0.39, 0.29) is 11.5 Å². The Morgan fingerprint density at radius 1 is 1.43 bits per heavy atom. The van der Waals surface area contributed by atoms with Gasteiger partial charge in [0.15, 0.2) is 11.9 Å². The quantitative estimate of drug-likeness (QED) is 0.677. The first-order chi connectivity index (χ1) is 10.3. The number of unbranched alkanes of at least 4 members (excludes halogenated alkanes) is 1. The highest BCUT2D eigenvalue weighted by atomic mass is 35.5. The number of aromatic nitrogens is 4. The van der Waals surface area contributed by atoms with Crippen LogP contribution in [0.1, 0.15) is 45.3 Å². The Labute approximate surface area is 128 Å². The summed E-state index contributed by atoms with van der Waals surface area (Å²) in [6, 6.07) is 0. The van der Waals surface area contributed by atoms with Crippen LogP contribution >= 0.6 is 11.6 Å². The van der Waals surface area contributed by atoms with Crippen LogP contribution in [0.2, 0.25) is 5.28 Å². The second-order valence-electron chi connectivity index (χ2n) is 5.27. The molecule has 1 atom stereocenters. The molecule has 114 valence electrons. The molecule has 1 unspecified atom stereocenters. The Hall–Kier alpha value is -1.40. The Balaban J connectivity index is 1.93. The highest BCUT2D eigenvalue weighted by Gasteiger charge is 2.21. The molecular weight excluding hydrogens is 290 g/mol. The molecule has 1 fully saturated rings. The molecule has 21 heavy (non-hydrogen) atoms. The average molecular weight is 310 g/mol. The molecule has 0 spiro atoms. The van der Waals surface area contributed by atoms with Gasteiger partial charge in [-0.25, -0.2) is 4.68 Å². The average Bonchev–Trinajstić information content (AvgIpc) is 2.92. The number of anilines is 1. The first-order valence-electron chi connectivity index (χ1n) is 7.56. The van der Waals surface area contributed by atoms with Crippen LogP contribution in [-0.4, -0.2) is 32.9 Å². The number of nitrogens with zero attached hydrogens (tertiary/aromatic N) is 4. The molecule has 0 bridgehead atoms. The van der Waals surface area contributed by atoms with Gasteiger partial charge in [0.05, 0.1) is 11.6 Å². The molecule has 0 saturated carbocycles. The molecule has 1 aliphatic heterocycles. The van der Waals surface area contributed by atoms with Crippen molar-refractivity contribution < 1.29 is 4.74 Å². The molecular formula is C14H20ClN5O. The molecule has 3 heterocycles. The third-order valence-electron chi connectivity index (χ3n) is 3.68. The van der Waals surface area contributed by atoms with Crippen molar-refractivity contribution in [3.63, 3.8) is 0 Å². The minimum Gasteiger partial charge on any atom is -0.369 e. The number of rotatable bonds is 5. The molecule has 0 aromatic carbocycles. The molecule has 1 aliphatic rings. The number of fused-ring (bicyclic) bond motifs is 1. The fraction of sp³-hybridized carbons (Fsp3) is 0.643. The highest BCUT2D eigenvalue weighted by Crippen LogP contribution is 2.28. The van der Waals surface area contributed by atoms with Gasteiger partial charge in [-0.2, -0.15) is 15.1 Å². The normalized spacial score (nSPS) is 19.0. The SMILES string of the molecule is CCCCNc1nc(Cl)nc2c1cnn2C1CCCCO1. The second-order valence-corrected chi connectivity index (χ2v) is 5.61. The minimum atomic E-state index is -0.0503. The van der Waals surface area contributed by atoms with Crippen molar-refractivity contribution in [1.82, 2.24) is 19.7 Å². The molecule has 0 amide bonds. The van der Waals surface area contributed by atoms with Gasteiger partial charge >= 0.3 is 0 Å².